The number of ether oxygens (including phenoxy) is 1. The van der Waals surface area contributed by atoms with Crippen molar-refractivity contribution in [3.05, 3.63) is 18.3 Å². The first-order valence-corrected chi connectivity index (χ1v) is 6.90. The maximum Gasteiger partial charge on any atom is 0.500 e. The fraction of sp³-hybridized carbons (Fsp3) is 0.615. The van der Waals surface area contributed by atoms with E-state index < -0.39 is 24.0 Å². The van der Waals surface area contributed by atoms with Crippen molar-refractivity contribution in [3.63, 3.8) is 0 Å². The van der Waals surface area contributed by atoms with Crippen molar-refractivity contribution in [1.29, 1.82) is 0 Å². The van der Waals surface area contributed by atoms with E-state index in [1.54, 1.807) is 18.3 Å². The molecule has 2 N–H and O–H groups in total. The van der Waals surface area contributed by atoms with Crippen molar-refractivity contribution in [3.8, 4) is 5.88 Å². The molecular weight excluding hydrogens is 272 g/mol. The van der Waals surface area contributed by atoms with Gasteiger partial charge in [-0.15, -0.1) is 0 Å². The summed E-state index contributed by atoms with van der Waals surface area (Å²) < 4.78 is 17.3. The molecule has 1 fully saturated rings. The van der Waals surface area contributed by atoms with Gasteiger partial charge >= 0.3 is 7.12 Å². The Morgan fingerprint density at radius 2 is 1.86 bits per heavy atom. The van der Waals surface area contributed by atoms with Crippen molar-refractivity contribution in [2.75, 3.05) is 6.61 Å². The van der Waals surface area contributed by atoms with E-state index in [4.69, 9.17) is 14.0 Å². The van der Waals surface area contributed by atoms with E-state index in [-0.39, 0.29) is 12.5 Å². The van der Waals surface area contributed by atoms with Gasteiger partial charge in [-0.3, -0.25) is 0 Å². The highest BCUT2D eigenvalue weighted by Gasteiger charge is 2.52. The smallest absolute Gasteiger partial charge is 0.473 e. The summed E-state index contributed by atoms with van der Waals surface area (Å²) in [5.74, 6) is 0.269. The Morgan fingerprint density at radius 3 is 2.38 bits per heavy atom. The zero-order valence-corrected chi connectivity index (χ0v) is 13.1. The fourth-order valence-electron chi connectivity index (χ4n) is 1.88. The van der Waals surface area contributed by atoms with Crippen LogP contribution < -0.4 is 10.2 Å². The molecule has 1 aromatic rings. The summed E-state index contributed by atoms with van der Waals surface area (Å²) >= 11 is 0. The molecule has 1 aliphatic rings. The molecular formula is C13H21B2NO5. The lowest BCUT2D eigenvalue weighted by Crippen LogP contribution is -2.41. The lowest BCUT2D eigenvalue weighted by molar-refractivity contribution is -0.111. The fourth-order valence-corrected chi connectivity index (χ4v) is 1.88. The molecule has 0 bridgehead atoms. The predicted octanol–water partition coefficient (Wildman–Crippen LogP) is -0.969. The second-order valence-electron chi connectivity index (χ2n) is 6.49. The summed E-state index contributed by atoms with van der Waals surface area (Å²) in [6.07, 6.45) is 1.57. The molecule has 2 heterocycles. The Hall–Kier alpha value is -1.08. The number of rotatable bonds is 4. The van der Waals surface area contributed by atoms with Gasteiger partial charge in [0.05, 0.1) is 11.2 Å². The second-order valence-corrected chi connectivity index (χ2v) is 6.49. The molecule has 1 aliphatic heterocycles. The summed E-state index contributed by atoms with van der Waals surface area (Å²) in [5, 5.41) is 18.7. The molecule has 0 atom stereocenters. The number of aromatic nitrogens is 1. The quantitative estimate of drug-likeness (QED) is 0.549. The van der Waals surface area contributed by atoms with Crippen LogP contribution in [0.15, 0.2) is 18.3 Å². The molecule has 0 amide bonds. The predicted molar refractivity (Wildman–Crippen MR) is 81.2 cm³/mol. The molecule has 0 spiro atoms. The molecule has 8 heteroatoms. The maximum absolute atomic E-state index is 9.34. The molecule has 114 valence electrons. The van der Waals surface area contributed by atoms with E-state index in [0.29, 0.717) is 5.46 Å². The maximum atomic E-state index is 9.34. The molecule has 21 heavy (non-hydrogen) atoms. The lowest BCUT2D eigenvalue weighted by atomic mass is 9.80. The molecule has 0 aliphatic carbocycles. The molecule has 0 aromatic carbocycles. The standard InChI is InChI=1S/C13H21B2NO5/c1-11(2)12(3,4)21-15(20-11)9-6-5-7-16-10(9)19-8-13(14,17)18/h5-7,17-18H,8,14H2,1-4H3. The first-order valence-electron chi connectivity index (χ1n) is 6.90. The number of pyridine rings is 1. The van der Waals surface area contributed by atoms with Crippen LogP contribution in [0.2, 0.25) is 0 Å². The van der Waals surface area contributed by atoms with Gasteiger partial charge in [-0.25, -0.2) is 4.98 Å². The number of aliphatic hydroxyl groups is 2. The highest BCUT2D eigenvalue weighted by molar-refractivity contribution is 6.63. The summed E-state index contributed by atoms with van der Waals surface area (Å²) in [6.45, 7) is 7.55. The van der Waals surface area contributed by atoms with Crippen molar-refractivity contribution < 1.29 is 24.3 Å². The van der Waals surface area contributed by atoms with Gasteiger partial charge in [0.25, 0.3) is 0 Å². The third-order valence-corrected chi connectivity index (χ3v) is 3.79. The topological polar surface area (TPSA) is 81.0 Å². The van der Waals surface area contributed by atoms with Crippen LogP contribution >= 0.6 is 0 Å². The van der Waals surface area contributed by atoms with Crippen LogP contribution in [-0.4, -0.2) is 53.7 Å². The van der Waals surface area contributed by atoms with Gasteiger partial charge in [-0.2, -0.15) is 0 Å². The van der Waals surface area contributed by atoms with Crippen LogP contribution in [0.3, 0.4) is 0 Å². The normalized spacial score (nSPS) is 20.6. The van der Waals surface area contributed by atoms with Crippen LogP contribution in [0.1, 0.15) is 27.7 Å². The van der Waals surface area contributed by atoms with Gasteiger partial charge in [-0.05, 0) is 33.8 Å². The molecule has 0 radical (unpaired) electrons. The van der Waals surface area contributed by atoms with Gasteiger partial charge in [0.15, 0.2) is 13.5 Å². The van der Waals surface area contributed by atoms with E-state index in [9.17, 15) is 10.2 Å². The minimum absolute atomic E-state index is 0.269. The van der Waals surface area contributed by atoms with Crippen molar-refractivity contribution in [2.24, 2.45) is 0 Å². The molecule has 2 rings (SSSR count). The third kappa shape index (κ3) is 3.58. The average molecular weight is 293 g/mol. The SMILES string of the molecule is BC(O)(O)COc1ncccc1B1OC(C)(C)C(C)(C)O1. The van der Waals surface area contributed by atoms with E-state index in [0.717, 1.165) is 0 Å². The highest BCUT2D eigenvalue weighted by Crippen LogP contribution is 2.36. The van der Waals surface area contributed by atoms with Gasteiger partial charge in [0.1, 0.15) is 6.61 Å². The molecule has 1 aromatic heterocycles. The Bertz CT molecular complexity index is 500. The van der Waals surface area contributed by atoms with Gasteiger partial charge in [-0.1, -0.05) is 6.07 Å². The second kappa shape index (κ2) is 5.28. The lowest BCUT2D eigenvalue weighted by Gasteiger charge is -2.32. The highest BCUT2D eigenvalue weighted by atomic mass is 16.7. The zero-order chi connectivity index (χ0) is 15.9. The monoisotopic (exact) mass is 293 g/mol. The van der Waals surface area contributed by atoms with Crippen LogP contribution in [0.25, 0.3) is 0 Å². The molecule has 0 unspecified atom stereocenters. The van der Waals surface area contributed by atoms with E-state index in [2.05, 4.69) is 4.98 Å². The van der Waals surface area contributed by atoms with Crippen LogP contribution in [0.4, 0.5) is 0 Å². The molecule has 6 nitrogen and oxygen atoms in total. The Morgan fingerprint density at radius 1 is 1.29 bits per heavy atom. The van der Waals surface area contributed by atoms with Crippen LogP contribution in [-0.2, 0) is 9.31 Å². The average Bonchev–Trinajstić information content (AvgIpc) is 2.55. The third-order valence-electron chi connectivity index (χ3n) is 3.79. The minimum Gasteiger partial charge on any atom is -0.473 e. The zero-order valence-electron chi connectivity index (χ0n) is 13.1. The van der Waals surface area contributed by atoms with Crippen LogP contribution in [0.5, 0.6) is 5.88 Å². The van der Waals surface area contributed by atoms with E-state index >= 15 is 0 Å². The molecule has 0 saturated carbocycles. The van der Waals surface area contributed by atoms with Crippen LogP contribution in [0, 0.1) is 0 Å². The Balaban J connectivity index is 2.22. The number of hydrogen-bond acceptors (Lipinski definition) is 6. The first-order chi connectivity index (χ1) is 9.52. The van der Waals surface area contributed by atoms with Crippen molar-refractivity contribution >= 4 is 20.4 Å². The van der Waals surface area contributed by atoms with Crippen molar-refractivity contribution in [1.82, 2.24) is 4.98 Å². The summed E-state index contributed by atoms with van der Waals surface area (Å²) in [7, 11) is 0.632. The summed E-state index contributed by atoms with van der Waals surface area (Å²) in [6, 6.07) is 3.54. The molecule has 1 saturated heterocycles. The Labute approximate surface area is 126 Å². The van der Waals surface area contributed by atoms with E-state index in [1.807, 2.05) is 27.7 Å². The summed E-state index contributed by atoms with van der Waals surface area (Å²) in [5.41, 5.74) is -2.23. The number of hydrogen-bond donors (Lipinski definition) is 2. The van der Waals surface area contributed by atoms with E-state index in [1.165, 1.54) is 7.85 Å². The first kappa shape index (κ1) is 16.3. The Kier molecular flexibility index (Phi) is 4.10. The van der Waals surface area contributed by atoms with Crippen molar-refractivity contribution in [2.45, 2.75) is 44.6 Å². The summed E-state index contributed by atoms with van der Waals surface area (Å²) in [4.78, 5) is 4.12. The minimum atomic E-state index is -1.93. The van der Waals surface area contributed by atoms with Gasteiger partial charge < -0.3 is 24.3 Å². The van der Waals surface area contributed by atoms with Gasteiger partial charge in [0, 0.05) is 11.7 Å². The largest absolute Gasteiger partial charge is 0.500 e. The number of nitrogens with zero attached hydrogens (tertiary/aromatic N) is 1. The van der Waals surface area contributed by atoms with Gasteiger partial charge in [0.2, 0.25) is 5.88 Å².